The maximum absolute atomic E-state index is 13.9. The second-order valence-electron chi connectivity index (χ2n) is 9.95. The highest BCUT2D eigenvalue weighted by Crippen LogP contribution is 2.41. The van der Waals surface area contributed by atoms with Crippen molar-refractivity contribution < 1.29 is 19.1 Å². The van der Waals surface area contributed by atoms with Crippen LogP contribution in [0.4, 0.5) is 5.69 Å². The van der Waals surface area contributed by atoms with Crippen molar-refractivity contribution in [2.24, 2.45) is 11.8 Å². The van der Waals surface area contributed by atoms with Gasteiger partial charge in [-0.25, -0.2) is 4.79 Å². The average Bonchev–Trinajstić information content (AvgIpc) is 3.33. The molecule has 2 heterocycles. The lowest BCUT2D eigenvalue weighted by atomic mass is 9.82. The Morgan fingerprint density at radius 1 is 1.19 bits per heavy atom. The largest absolute Gasteiger partial charge is 0.465 e. The summed E-state index contributed by atoms with van der Waals surface area (Å²) in [5.41, 5.74) is 0.359. The van der Waals surface area contributed by atoms with Gasteiger partial charge in [-0.3, -0.25) is 14.5 Å². The van der Waals surface area contributed by atoms with Crippen molar-refractivity contribution in [3.63, 3.8) is 0 Å². The van der Waals surface area contributed by atoms with Gasteiger partial charge in [0.1, 0.15) is 10.9 Å². The third-order valence-corrected chi connectivity index (χ3v) is 8.18. The SMILES string of the molecule is CCN1CC[C@H](N(C(=O)C2CCC(C)CC2)c2cc(C(C)(C)C)sc2C(=O)OC)C1=O. The zero-order valence-electron chi connectivity index (χ0n) is 19.7. The van der Waals surface area contributed by atoms with E-state index in [-0.39, 0.29) is 23.1 Å². The Morgan fingerprint density at radius 3 is 2.35 bits per heavy atom. The maximum atomic E-state index is 13.9. The van der Waals surface area contributed by atoms with E-state index < -0.39 is 12.0 Å². The van der Waals surface area contributed by atoms with E-state index in [1.807, 2.05) is 13.0 Å². The summed E-state index contributed by atoms with van der Waals surface area (Å²) < 4.78 is 5.06. The van der Waals surface area contributed by atoms with Crippen LogP contribution in [-0.2, 0) is 19.7 Å². The van der Waals surface area contributed by atoms with E-state index >= 15 is 0 Å². The molecule has 31 heavy (non-hydrogen) atoms. The molecule has 7 heteroatoms. The topological polar surface area (TPSA) is 66.9 Å². The molecule has 2 aliphatic rings. The molecule has 2 fully saturated rings. The summed E-state index contributed by atoms with van der Waals surface area (Å²) in [6.45, 7) is 11.7. The van der Waals surface area contributed by atoms with E-state index in [9.17, 15) is 14.4 Å². The van der Waals surface area contributed by atoms with Crippen molar-refractivity contribution >= 4 is 34.8 Å². The molecule has 1 aromatic heterocycles. The van der Waals surface area contributed by atoms with Crippen LogP contribution in [0.1, 0.15) is 81.3 Å². The molecule has 0 spiro atoms. The van der Waals surface area contributed by atoms with Crippen LogP contribution in [-0.4, -0.2) is 48.9 Å². The van der Waals surface area contributed by atoms with Gasteiger partial charge in [-0.15, -0.1) is 11.3 Å². The minimum atomic E-state index is -0.558. The number of carbonyl (C=O) groups is 3. The first-order chi connectivity index (χ1) is 14.6. The molecule has 6 nitrogen and oxygen atoms in total. The van der Waals surface area contributed by atoms with Gasteiger partial charge in [0, 0.05) is 23.9 Å². The van der Waals surface area contributed by atoms with Crippen molar-refractivity contribution in [1.29, 1.82) is 0 Å². The van der Waals surface area contributed by atoms with Crippen molar-refractivity contribution in [2.45, 2.75) is 78.2 Å². The number of esters is 1. The standard InChI is InChI=1S/C24H36N2O4S/c1-7-25-13-12-17(22(25)28)26(21(27)16-10-8-15(2)9-11-16)18-14-19(24(3,4)5)31-20(18)23(29)30-6/h14-17H,7-13H2,1-6H3/t15?,16?,17-/m0/s1. The third kappa shape index (κ3) is 4.81. The van der Waals surface area contributed by atoms with E-state index in [1.165, 1.54) is 18.4 Å². The molecule has 0 radical (unpaired) electrons. The first-order valence-corrected chi connectivity index (χ1v) is 12.2. The van der Waals surface area contributed by atoms with Crippen LogP contribution in [0, 0.1) is 11.8 Å². The predicted octanol–water partition coefficient (Wildman–Crippen LogP) is 4.61. The summed E-state index contributed by atoms with van der Waals surface area (Å²) >= 11 is 1.37. The fraction of sp³-hybridized carbons (Fsp3) is 0.708. The highest BCUT2D eigenvalue weighted by Gasteiger charge is 2.43. The zero-order valence-corrected chi connectivity index (χ0v) is 20.5. The van der Waals surface area contributed by atoms with Gasteiger partial charge in [0.15, 0.2) is 0 Å². The second-order valence-corrected chi connectivity index (χ2v) is 11.0. The minimum absolute atomic E-state index is 0.0217. The van der Waals surface area contributed by atoms with Gasteiger partial charge in [-0.1, -0.05) is 27.7 Å². The van der Waals surface area contributed by atoms with Gasteiger partial charge < -0.3 is 9.64 Å². The summed E-state index contributed by atoms with van der Waals surface area (Å²) in [7, 11) is 1.36. The first-order valence-electron chi connectivity index (χ1n) is 11.4. The lowest BCUT2D eigenvalue weighted by Crippen LogP contribution is -2.48. The van der Waals surface area contributed by atoms with Gasteiger partial charge >= 0.3 is 5.97 Å². The smallest absolute Gasteiger partial charge is 0.350 e. The molecule has 0 unspecified atom stereocenters. The van der Waals surface area contributed by atoms with Crippen LogP contribution < -0.4 is 4.90 Å². The van der Waals surface area contributed by atoms with Crippen LogP contribution in [0.3, 0.4) is 0 Å². The van der Waals surface area contributed by atoms with Crippen LogP contribution >= 0.6 is 11.3 Å². The van der Waals surface area contributed by atoms with E-state index in [0.29, 0.717) is 36.0 Å². The Kier molecular flexibility index (Phi) is 7.14. The molecular formula is C24H36N2O4S. The van der Waals surface area contributed by atoms with E-state index in [2.05, 4.69) is 27.7 Å². The van der Waals surface area contributed by atoms with Crippen molar-refractivity contribution in [2.75, 3.05) is 25.1 Å². The number of thiophene rings is 1. The molecule has 0 N–H and O–H groups in total. The Labute approximate surface area is 189 Å². The highest BCUT2D eigenvalue weighted by molar-refractivity contribution is 7.14. The summed E-state index contributed by atoms with van der Waals surface area (Å²) in [4.78, 5) is 44.6. The van der Waals surface area contributed by atoms with Crippen LogP contribution in [0.2, 0.25) is 0 Å². The van der Waals surface area contributed by atoms with Crippen LogP contribution in [0.5, 0.6) is 0 Å². The fourth-order valence-corrected chi connectivity index (χ4v) is 5.71. The van der Waals surface area contributed by atoms with Gasteiger partial charge in [-0.05, 0) is 56.4 Å². The van der Waals surface area contributed by atoms with Gasteiger partial charge in [0.2, 0.25) is 11.8 Å². The van der Waals surface area contributed by atoms with Gasteiger partial charge in [-0.2, -0.15) is 0 Å². The lowest BCUT2D eigenvalue weighted by molar-refractivity contribution is -0.132. The van der Waals surface area contributed by atoms with E-state index in [4.69, 9.17) is 4.74 Å². The Bertz CT molecular complexity index is 833. The van der Waals surface area contributed by atoms with Crippen LogP contribution in [0.25, 0.3) is 0 Å². The Hall–Kier alpha value is -1.89. The molecule has 1 saturated heterocycles. The van der Waals surface area contributed by atoms with Gasteiger partial charge in [0.05, 0.1) is 12.8 Å². The number of hydrogen-bond acceptors (Lipinski definition) is 5. The van der Waals surface area contributed by atoms with E-state index in [0.717, 1.165) is 30.6 Å². The second kappa shape index (κ2) is 9.31. The molecular weight excluding hydrogens is 412 g/mol. The predicted molar refractivity (Wildman–Crippen MR) is 124 cm³/mol. The fourth-order valence-electron chi connectivity index (χ4n) is 4.59. The number of hydrogen-bond donors (Lipinski definition) is 0. The summed E-state index contributed by atoms with van der Waals surface area (Å²) in [5.74, 6) is 0.0120. The third-order valence-electron chi connectivity index (χ3n) is 6.65. The quantitative estimate of drug-likeness (QED) is 0.617. The number of amides is 2. The average molecular weight is 449 g/mol. The molecule has 0 bridgehead atoms. The normalized spacial score (nSPS) is 24.4. The summed E-state index contributed by atoms with van der Waals surface area (Å²) in [6.07, 6.45) is 4.29. The van der Waals surface area contributed by atoms with Crippen LogP contribution in [0.15, 0.2) is 6.07 Å². The molecule has 1 atom stereocenters. The van der Waals surface area contributed by atoms with Gasteiger partial charge in [0.25, 0.3) is 0 Å². The molecule has 2 amide bonds. The molecule has 1 aliphatic heterocycles. The molecule has 172 valence electrons. The molecule has 1 aromatic rings. The number of methoxy groups -OCH3 is 1. The minimum Gasteiger partial charge on any atom is -0.465 e. The maximum Gasteiger partial charge on any atom is 0.350 e. The number of anilines is 1. The molecule has 1 saturated carbocycles. The number of likely N-dealkylation sites (tertiary alicyclic amines) is 1. The number of likely N-dealkylation sites (N-methyl/N-ethyl adjacent to an activating group) is 1. The number of rotatable bonds is 5. The lowest BCUT2D eigenvalue weighted by Gasteiger charge is -2.34. The molecule has 3 rings (SSSR count). The first kappa shape index (κ1) is 23.8. The monoisotopic (exact) mass is 448 g/mol. The summed E-state index contributed by atoms with van der Waals surface area (Å²) in [6, 6.07) is 1.37. The molecule has 0 aromatic carbocycles. The van der Waals surface area contributed by atoms with E-state index in [1.54, 1.807) is 9.80 Å². The van der Waals surface area contributed by atoms with Crippen molar-refractivity contribution in [3.05, 3.63) is 15.8 Å². The molecule has 1 aliphatic carbocycles. The number of carbonyl (C=O) groups excluding carboxylic acids is 3. The Morgan fingerprint density at radius 2 is 1.84 bits per heavy atom. The highest BCUT2D eigenvalue weighted by atomic mass is 32.1. The van der Waals surface area contributed by atoms with Crippen molar-refractivity contribution in [1.82, 2.24) is 4.90 Å². The summed E-state index contributed by atoms with van der Waals surface area (Å²) in [5, 5.41) is 0. The Balaban J connectivity index is 2.08. The van der Waals surface area contributed by atoms with Crippen molar-refractivity contribution in [3.8, 4) is 0 Å². The number of nitrogens with zero attached hydrogens (tertiary/aromatic N) is 2. The number of ether oxygens (including phenoxy) is 1. The zero-order chi connectivity index (χ0) is 22.9.